The normalized spacial score (nSPS) is 12.7. The fraction of sp³-hybridized carbons (Fsp3) is 0.0526. The van der Waals surface area contributed by atoms with Gasteiger partial charge in [0.2, 0.25) is 0 Å². The van der Waals surface area contributed by atoms with Crippen molar-refractivity contribution in [3.05, 3.63) is 132 Å². The first-order valence-corrected chi connectivity index (χ1v) is 14.6. The molecule has 5 heteroatoms. The van der Waals surface area contributed by atoms with Crippen molar-refractivity contribution in [2.24, 2.45) is 0 Å². The lowest BCUT2D eigenvalue weighted by Gasteiger charge is -2.32. The van der Waals surface area contributed by atoms with Crippen LogP contribution < -0.4 is 30.8 Å². The zero-order valence-electron chi connectivity index (χ0n) is 23.8. The molecule has 1 aromatic heterocycles. The molecule has 9 rings (SSSR count). The third-order valence-corrected chi connectivity index (χ3v) is 8.66. The topological polar surface area (TPSA) is 34.8 Å². The van der Waals surface area contributed by atoms with Gasteiger partial charge in [-0.15, -0.1) is 0 Å². The molecule has 6 aromatic carbocycles. The number of rotatable bonds is 3. The molecule has 2 aliphatic heterocycles. The first-order valence-electron chi connectivity index (χ1n) is 14.6. The predicted octanol–water partition coefficient (Wildman–Crippen LogP) is 8.40. The molecule has 7 aromatic rings. The summed E-state index contributed by atoms with van der Waals surface area (Å²) in [5.41, 5.74) is 10.7. The molecule has 0 saturated heterocycles. The molecule has 0 atom stereocenters. The van der Waals surface area contributed by atoms with Crippen molar-refractivity contribution in [3.8, 4) is 23.0 Å². The van der Waals surface area contributed by atoms with Gasteiger partial charge in [-0.3, -0.25) is 0 Å². The van der Waals surface area contributed by atoms with E-state index in [0.29, 0.717) is 0 Å². The number of ether oxygens (including phenoxy) is 2. The summed E-state index contributed by atoms with van der Waals surface area (Å²) in [4.78, 5) is 2.29. The summed E-state index contributed by atoms with van der Waals surface area (Å²) in [7, 11) is 0. The number of furan rings is 1. The van der Waals surface area contributed by atoms with Crippen LogP contribution in [0.2, 0.25) is 0 Å². The maximum atomic E-state index is 6.63. The summed E-state index contributed by atoms with van der Waals surface area (Å²) in [6, 6.07) is 42.3. The molecule has 2 aliphatic rings. The Hall–Kier alpha value is -5.42. The van der Waals surface area contributed by atoms with Gasteiger partial charge in [-0.1, -0.05) is 48.5 Å². The van der Waals surface area contributed by atoms with Gasteiger partial charge >= 0.3 is 0 Å². The van der Waals surface area contributed by atoms with E-state index < -0.39 is 0 Å². The Morgan fingerprint density at radius 1 is 0.488 bits per heavy atom. The molecule has 0 radical (unpaired) electrons. The molecule has 43 heavy (non-hydrogen) atoms. The van der Waals surface area contributed by atoms with Gasteiger partial charge in [0.15, 0.2) is 0 Å². The van der Waals surface area contributed by atoms with Crippen molar-refractivity contribution in [3.63, 3.8) is 0 Å². The standard InChI is InChI=1S/C38H26BNO3/c1-23-8-5-10-25(18-23)40(26-11-6-9-24(2)19-26)27-16-17-28-29-21-37-31(22-36(29)43-35(28)20-27)39-30-12-3-4-13-32(30)41-33-14-7-15-34(42-37)38(33)39/h3-22H,1-2H3. The number of aryl methyl sites for hydroxylation is 2. The minimum atomic E-state index is 0.00575. The van der Waals surface area contributed by atoms with E-state index in [0.717, 1.165) is 78.4 Å². The lowest BCUT2D eigenvalue weighted by Crippen LogP contribution is -2.57. The van der Waals surface area contributed by atoms with E-state index in [9.17, 15) is 0 Å². The monoisotopic (exact) mass is 555 g/mol. The number of nitrogens with zero attached hydrogens (tertiary/aromatic N) is 1. The van der Waals surface area contributed by atoms with Crippen molar-refractivity contribution < 1.29 is 13.9 Å². The first-order chi connectivity index (χ1) is 21.1. The molecular weight excluding hydrogens is 529 g/mol. The summed E-state index contributed by atoms with van der Waals surface area (Å²) < 4.78 is 19.5. The number of fused-ring (bicyclic) bond motifs is 7. The van der Waals surface area contributed by atoms with Crippen molar-refractivity contribution in [1.29, 1.82) is 0 Å². The SMILES string of the molecule is Cc1cccc(N(c2cccc(C)c2)c2ccc3c(c2)oc2cc4c(cc23)Oc2cccc3c2B4c2ccccc2O3)c1. The highest BCUT2D eigenvalue weighted by Crippen LogP contribution is 2.41. The Bertz CT molecular complexity index is 2210. The third-order valence-electron chi connectivity index (χ3n) is 8.66. The fourth-order valence-electron chi connectivity index (χ4n) is 6.76. The number of hydrogen-bond donors (Lipinski definition) is 0. The van der Waals surface area contributed by atoms with E-state index in [-0.39, 0.29) is 6.71 Å². The molecule has 4 nitrogen and oxygen atoms in total. The van der Waals surface area contributed by atoms with Gasteiger partial charge in [-0.05, 0) is 103 Å². The number of anilines is 3. The van der Waals surface area contributed by atoms with Crippen LogP contribution in [0.3, 0.4) is 0 Å². The Morgan fingerprint density at radius 2 is 1.12 bits per heavy atom. The lowest BCUT2D eigenvalue weighted by atomic mass is 9.35. The highest BCUT2D eigenvalue weighted by Gasteiger charge is 2.40. The van der Waals surface area contributed by atoms with Gasteiger partial charge in [0.1, 0.15) is 34.2 Å². The van der Waals surface area contributed by atoms with Crippen molar-refractivity contribution >= 4 is 62.1 Å². The molecule has 0 aliphatic carbocycles. The average Bonchev–Trinajstić information content (AvgIpc) is 3.37. The summed E-state index contributed by atoms with van der Waals surface area (Å²) in [5, 5.41) is 2.10. The van der Waals surface area contributed by atoms with Crippen LogP contribution in [0.15, 0.2) is 126 Å². The second kappa shape index (κ2) is 9.04. The fourth-order valence-corrected chi connectivity index (χ4v) is 6.76. The van der Waals surface area contributed by atoms with Crippen molar-refractivity contribution in [2.75, 3.05) is 4.90 Å². The van der Waals surface area contributed by atoms with Crippen LogP contribution in [0.25, 0.3) is 21.9 Å². The van der Waals surface area contributed by atoms with Gasteiger partial charge in [0, 0.05) is 39.4 Å². The second-order valence-corrected chi connectivity index (χ2v) is 11.5. The number of para-hydroxylation sites is 1. The van der Waals surface area contributed by atoms with Gasteiger partial charge in [-0.2, -0.15) is 0 Å². The molecule has 0 spiro atoms. The van der Waals surface area contributed by atoms with Gasteiger partial charge in [0.25, 0.3) is 6.71 Å². The summed E-state index contributed by atoms with van der Waals surface area (Å²) >= 11 is 0. The van der Waals surface area contributed by atoms with Crippen molar-refractivity contribution in [1.82, 2.24) is 0 Å². The average molecular weight is 555 g/mol. The zero-order chi connectivity index (χ0) is 28.7. The molecule has 0 fully saturated rings. The quantitative estimate of drug-likeness (QED) is 0.205. The van der Waals surface area contributed by atoms with Crippen LogP contribution in [-0.2, 0) is 0 Å². The number of benzene rings is 6. The molecular formula is C38H26BNO3. The van der Waals surface area contributed by atoms with E-state index in [1.165, 1.54) is 11.1 Å². The highest BCUT2D eigenvalue weighted by atomic mass is 16.5. The van der Waals surface area contributed by atoms with E-state index in [2.05, 4.69) is 110 Å². The second-order valence-electron chi connectivity index (χ2n) is 11.5. The summed E-state index contributed by atoms with van der Waals surface area (Å²) in [6.07, 6.45) is 0. The maximum Gasteiger partial charge on any atom is 0.260 e. The van der Waals surface area contributed by atoms with Crippen LogP contribution in [-0.4, -0.2) is 6.71 Å². The third kappa shape index (κ3) is 3.71. The zero-order valence-corrected chi connectivity index (χ0v) is 23.8. The highest BCUT2D eigenvalue weighted by molar-refractivity contribution is 6.98. The van der Waals surface area contributed by atoms with E-state index in [1.807, 2.05) is 30.3 Å². The molecule has 204 valence electrons. The van der Waals surface area contributed by atoms with E-state index in [1.54, 1.807) is 0 Å². The Kier molecular flexibility index (Phi) is 5.09. The molecule has 0 N–H and O–H groups in total. The Balaban J connectivity index is 1.22. The van der Waals surface area contributed by atoms with E-state index in [4.69, 9.17) is 13.9 Å². The van der Waals surface area contributed by atoms with Gasteiger partial charge in [0.05, 0.1) is 0 Å². The molecule has 0 unspecified atom stereocenters. The molecule has 0 bridgehead atoms. The van der Waals surface area contributed by atoms with E-state index >= 15 is 0 Å². The first kappa shape index (κ1) is 24.2. The Labute approximate surface area is 249 Å². The minimum Gasteiger partial charge on any atom is -0.458 e. The molecule has 0 saturated carbocycles. The van der Waals surface area contributed by atoms with Crippen molar-refractivity contribution in [2.45, 2.75) is 13.8 Å². The largest absolute Gasteiger partial charge is 0.458 e. The van der Waals surface area contributed by atoms with Crippen LogP contribution >= 0.6 is 0 Å². The summed E-state index contributed by atoms with van der Waals surface area (Å²) in [6.45, 7) is 4.26. The molecule has 3 heterocycles. The van der Waals surface area contributed by atoms with Gasteiger partial charge in [-0.25, -0.2) is 0 Å². The lowest BCUT2D eigenvalue weighted by molar-refractivity contribution is 0.465. The minimum absolute atomic E-state index is 0.00575. The van der Waals surface area contributed by atoms with Crippen LogP contribution in [0.5, 0.6) is 23.0 Å². The molecule has 0 amide bonds. The van der Waals surface area contributed by atoms with Gasteiger partial charge < -0.3 is 18.8 Å². The Morgan fingerprint density at radius 3 is 1.86 bits per heavy atom. The van der Waals surface area contributed by atoms with Crippen LogP contribution in [0.1, 0.15) is 11.1 Å². The predicted molar refractivity (Wildman–Crippen MR) is 176 cm³/mol. The van der Waals surface area contributed by atoms with Crippen LogP contribution in [0, 0.1) is 13.8 Å². The number of hydrogen-bond acceptors (Lipinski definition) is 4. The van der Waals surface area contributed by atoms with Crippen LogP contribution in [0.4, 0.5) is 17.1 Å². The smallest absolute Gasteiger partial charge is 0.260 e. The maximum absolute atomic E-state index is 6.63. The summed E-state index contributed by atoms with van der Waals surface area (Å²) in [5.74, 6) is 3.41.